The highest BCUT2D eigenvalue weighted by Crippen LogP contribution is 2.40. The first-order valence-electron chi connectivity index (χ1n) is 8.38. The van der Waals surface area contributed by atoms with Crippen LogP contribution in [0, 0.1) is 5.82 Å². The topological polar surface area (TPSA) is 103 Å². The highest BCUT2D eigenvalue weighted by atomic mass is 32.2. The smallest absolute Gasteiger partial charge is 0.230 e. The summed E-state index contributed by atoms with van der Waals surface area (Å²) in [7, 11) is 0. The van der Waals surface area contributed by atoms with Crippen molar-refractivity contribution in [3.63, 3.8) is 0 Å². The average Bonchev–Trinajstić information content (AvgIpc) is 3.38. The lowest BCUT2D eigenvalue weighted by molar-refractivity contribution is -0.119. The van der Waals surface area contributed by atoms with Crippen molar-refractivity contribution in [2.75, 3.05) is 5.75 Å². The van der Waals surface area contributed by atoms with Gasteiger partial charge in [0, 0.05) is 25.4 Å². The number of thioether (sulfide) groups is 1. The van der Waals surface area contributed by atoms with E-state index in [1.165, 1.54) is 23.9 Å². The predicted molar refractivity (Wildman–Crippen MR) is 94.8 cm³/mol. The van der Waals surface area contributed by atoms with E-state index in [1.54, 1.807) is 12.1 Å². The predicted octanol–water partition coefficient (Wildman–Crippen LogP) is 1.58. The third-order valence-corrected chi connectivity index (χ3v) is 4.97. The molecule has 2 aromatic rings. The zero-order chi connectivity index (χ0) is 18.5. The Morgan fingerprint density at radius 2 is 2.00 bits per heavy atom. The summed E-state index contributed by atoms with van der Waals surface area (Å²) in [6, 6.07) is 5.98. The molecule has 3 rings (SSSR count). The van der Waals surface area contributed by atoms with Gasteiger partial charge in [-0.2, -0.15) is 0 Å². The average molecular weight is 377 g/mol. The van der Waals surface area contributed by atoms with Crippen LogP contribution in [0.5, 0.6) is 0 Å². The maximum Gasteiger partial charge on any atom is 0.230 e. The molecule has 7 nitrogen and oxygen atoms in total. The lowest BCUT2D eigenvalue weighted by atomic mass is 10.2. The number of benzene rings is 1. The van der Waals surface area contributed by atoms with Gasteiger partial charge in [-0.1, -0.05) is 23.9 Å². The lowest BCUT2D eigenvalue weighted by Crippen LogP contribution is -2.24. The first kappa shape index (κ1) is 18.4. The molecular weight excluding hydrogens is 357 g/mol. The Balaban J connectivity index is 1.54. The fourth-order valence-corrected chi connectivity index (χ4v) is 3.27. The molecule has 0 unspecified atom stereocenters. The van der Waals surface area contributed by atoms with Crippen LogP contribution in [-0.2, 0) is 22.7 Å². The number of hydrogen-bond acceptors (Lipinski definition) is 5. The van der Waals surface area contributed by atoms with Crippen molar-refractivity contribution in [3.05, 3.63) is 41.5 Å². The van der Waals surface area contributed by atoms with Crippen molar-refractivity contribution in [1.82, 2.24) is 20.1 Å². The van der Waals surface area contributed by atoms with Gasteiger partial charge >= 0.3 is 0 Å². The summed E-state index contributed by atoms with van der Waals surface area (Å²) in [5.74, 6) is 0.584. The van der Waals surface area contributed by atoms with Crippen LogP contribution in [0.3, 0.4) is 0 Å². The normalized spacial score (nSPS) is 13.6. The number of nitrogens with zero attached hydrogens (tertiary/aromatic N) is 3. The third-order valence-electron chi connectivity index (χ3n) is 4.01. The Morgan fingerprint density at radius 3 is 2.65 bits per heavy atom. The molecule has 0 saturated heterocycles. The number of aromatic nitrogens is 3. The van der Waals surface area contributed by atoms with Gasteiger partial charge in [0.2, 0.25) is 11.8 Å². The highest BCUT2D eigenvalue weighted by Gasteiger charge is 2.30. The van der Waals surface area contributed by atoms with Gasteiger partial charge in [-0.05, 0) is 30.5 Å². The maximum absolute atomic E-state index is 12.9. The highest BCUT2D eigenvalue weighted by molar-refractivity contribution is 7.99. The van der Waals surface area contributed by atoms with Crippen LogP contribution in [0.2, 0.25) is 0 Å². The summed E-state index contributed by atoms with van der Waals surface area (Å²) in [6.45, 7) is 0.759. The van der Waals surface area contributed by atoms with Crippen molar-refractivity contribution in [3.8, 4) is 0 Å². The molecule has 1 fully saturated rings. The van der Waals surface area contributed by atoms with E-state index < -0.39 is 0 Å². The van der Waals surface area contributed by atoms with Gasteiger partial charge in [-0.3, -0.25) is 9.59 Å². The number of nitrogens with one attached hydrogen (secondary N) is 1. The number of rotatable bonds is 9. The van der Waals surface area contributed by atoms with Gasteiger partial charge < -0.3 is 15.6 Å². The van der Waals surface area contributed by atoms with Gasteiger partial charge in [0.05, 0.1) is 5.75 Å². The second kappa shape index (κ2) is 8.31. The molecule has 0 bridgehead atoms. The maximum atomic E-state index is 12.9. The molecule has 1 aromatic carbocycles. The van der Waals surface area contributed by atoms with Crippen LogP contribution >= 0.6 is 11.8 Å². The first-order chi connectivity index (χ1) is 12.5. The van der Waals surface area contributed by atoms with Crippen LogP contribution in [0.15, 0.2) is 29.4 Å². The Labute approximate surface area is 154 Å². The Kier molecular flexibility index (Phi) is 5.87. The van der Waals surface area contributed by atoms with Gasteiger partial charge in [0.25, 0.3) is 0 Å². The van der Waals surface area contributed by atoms with Crippen molar-refractivity contribution < 1.29 is 14.0 Å². The lowest BCUT2D eigenvalue weighted by Gasteiger charge is -2.09. The molecule has 9 heteroatoms. The van der Waals surface area contributed by atoms with Gasteiger partial charge in [0.15, 0.2) is 5.16 Å². The molecule has 1 aliphatic carbocycles. The standard InChI is InChI=1S/C17H20FN5O2S/c18-13-5-1-11(2-6-13)9-20-15(25)10-26-17-22-21-16(12-3-4-12)23(17)8-7-14(19)24/h1-2,5-6,12H,3-4,7-10H2,(H2,19,24)(H,20,25). The van der Waals surface area contributed by atoms with Gasteiger partial charge in [0.1, 0.15) is 11.6 Å². The minimum Gasteiger partial charge on any atom is -0.370 e. The summed E-state index contributed by atoms with van der Waals surface area (Å²) < 4.78 is 14.8. The molecule has 0 atom stereocenters. The van der Waals surface area contributed by atoms with Crippen LogP contribution in [0.25, 0.3) is 0 Å². The molecule has 0 aliphatic heterocycles. The molecule has 2 amide bonds. The minimum absolute atomic E-state index is 0.156. The molecule has 3 N–H and O–H groups in total. The van der Waals surface area contributed by atoms with E-state index >= 15 is 0 Å². The molecule has 0 spiro atoms. The Hall–Kier alpha value is -2.42. The molecule has 1 aromatic heterocycles. The fraction of sp³-hybridized carbons (Fsp3) is 0.412. The Bertz CT molecular complexity index is 789. The van der Waals surface area contributed by atoms with Gasteiger partial charge in [-0.25, -0.2) is 4.39 Å². The zero-order valence-electron chi connectivity index (χ0n) is 14.2. The summed E-state index contributed by atoms with van der Waals surface area (Å²) in [5, 5.41) is 11.8. The number of hydrogen-bond donors (Lipinski definition) is 2. The van der Waals surface area contributed by atoms with Crippen molar-refractivity contribution in [1.29, 1.82) is 0 Å². The monoisotopic (exact) mass is 377 g/mol. The van der Waals surface area contributed by atoms with Crippen LogP contribution < -0.4 is 11.1 Å². The molecule has 1 saturated carbocycles. The van der Waals surface area contributed by atoms with E-state index in [0.29, 0.717) is 24.2 Å². The zero-order valence-corrected chi connectivity index (χ0v) is 15.0. The van der Waals surface area contributed by atoms with Crippen molar-refractivity contribution in [2.24, 2.45) is 5.73 Å². The number of carbonyl (C=O) groups is 2. The van der Waals surface area contributed by atoms with Crippen molar-refractivity contribution in [2.45, 2.75) is 43.4 Å². The summed E-state index contributed by atoms with van der Waals surface area (Å²) in [4.78, 5) is 23.1. The first-order valence-corrected chi connectivity index (χ1v) is 9.37. The van der Waals surface area contributed by atoms with Crippen molar-refractivity contribution >= 4 is 23.6 Å². The number of carbonyl (C=O) groups excluding carboxylic acids is 2. The number of amides is 2. The fourth-order valence-electron chi connectivity index (χ4n) is 2.47. The van der Waals surface area contributed by atoms with E-state index in [4.69, 9.17) is 5.73 Å². The third kappa shape index (κ3) is 5.04. The summed E-state index contributed by atoms with van der Waals surface area (Å²) in [6.07, 6.45) is 2.34. The van der Waals surface area contributed by atoms with E-state index in [1.807, 2.05) is 4.57 Å². The number of primary amides is 1. The minimum atomic E-state index is -0.381. The molecular formula is C17H20FN5O2S. The van der Waals surface area contributed by atoms with E-state index in [2.05, 4.69) is 15.5 Å². The van der Waals surface area contributed by atoms with E-state index in [-0.39, 0.29) is 29.8 Å². The van der Waals surface area contributed by atoms with E-state index in [0.717, 1.165) is 24.2 Å². The second-order valence-corrected chi connectivity index (χ2v) is 7.12. The summed E-state index contributed by atoms with van der Waals surface area (Å²) in [5.41, 5.74) is 6.06. The second-order valence-electron chi connectivity index (χ2n) is 6.17. The summed E-state index contributed by atoms with van der Waals surface area (Å²) >= 11 is 1.28. The number of halogens is 1. The van der Waals surface area contributed by atoms with E-state index in [9.17, 15) is 14.0 Å². The van der Waals surface area contributed by atoms with Gasteiger partial charge in [-0.15, -0.1) is 10.2 Å². The SMILES string of the molecule is NC(=O)CCn1c(SCC(=O)NCc2ccc(F)cc2)nnc1C1CC1. The molecule has 26 heavy (non-hydrogen) atoms. The largest absolute Gasteiger partial charge is 0.370 e. The Morgan fingerprint density at radius 1 is 1.27 bits per heavy atom. The molecule has 1 heterocycles. The number of nitrogens with two attached hydrogens (primary N) is 1. The van der Waals surface area contributed by atoms with Crippen LogP contribution in [0.1, 0.15) is 36.6 Å². The van der Waals surface area contributed by atoms with Crippen LogP contribution in [-0.4, -0.2) is 32.3 Å². The quantitative estimate of drug-likeness (QED) is 0.646. The molecule has 138 valence electrons. The molecule has 1 aliphatic rings. The van der Waals surface area contributed by atoms with Crippen LogP contribution in [0.4, 0.5) is 4.39 Å². The molecule has 0 radical (unpaired) electrons.